The van der Waals surface area contributed by atoms with Crippen molar-refractivity contribution in [1.29, 1.82) is 0 Å². The Morgan fingerprint density at radius 2 is 1.55 bits per heavy atom. The van der Waals surface area contributed by atoms with E-state index in [2.05, 4.69) is 42.7 Å². The van der Waals surface area contributed by atoms with Gasteiger partial charge in [0.25, 0.3) is 0 Å². The lowest BCUT2D eigenvalue weighted by Crippen LogP contribution is -2.32. The van der Waals surface area contributed by atoms with Gasteiger partial charge in [0.2, 0.25) is 0 Å². The fraction of sp³-hybridized carbons (Fsp3) is 0.435. The summed E-state index contributed by atoms with van der Waals surface area (Å²) in [6.45, 7) is 4.30. The minimum absolute atomic E-state index is 0.0256. The minimum atomic E-state index is -0.436. The summed E-state index contributed by atoms with van der Waals surface area (Å²) < 4.78 is 0. The molecule has 0 unspecified atom stereocenters. The number of hydrogen-bond donors (Lipinski definition) is 4. The highest BCUT2D eigenvalue weighted by Gasteiger charge is 2.24. The lowest BCUT2D eigenvalue weighted by Gasteiger charge is -2.24. The van der Waals surface area contributed by atoms with Crippen LogP contribution < -0.4 is 21.5 Å². The highest BCUT2D eigenvalue weighted by Crippen LogP contribution is 2.38. The molecule has 6 N–H and O–H groups in total. The van der Waals surface area contributed by atoms with Crippen molar-refractivity contribution in [2.24, 2.45) is 10.9 Å². The maximum atomic E-state index is 11.1. The number of primary amides is 1. The molecule has 0 spiro atoms. The number of benzene rings is 2. The van der Waals surface area contributed by atoms with Gasteiger partial charge in [0.05, 0.1) is 0 Å². The Morgan fingerprint density at radius 1 is 1.00 bits per heavy atom. The summed E-state index contributed by atoms with van der Waals surface area (Å²) in [5.41, 5.74) is 13.1. The van der Waals surface area contributed by atoms with E-state index in [9.17, 15) is 4.79 Å². The van der Waals surface area contributed by atoms with Crippen LogP contribution in [0.4, 0.5) is 10.5 Å². The van der Waals surface area contributed by atoms with Crippen LogP contribution in [0.1, 0.15) is 54.5 Å². The molecule has 6 heteroatoms. The Labute approximate surface area is 178 Å². The molecule has 0 aromatic heterocycles. The van der Waals surface area contributed by atoms with E-state index in [0.29, 0.717) is 0 Å². The standard InChI is InChI=1S/C13H16N2O.C10H16N2S/c14-13(16)15-12-10-5-1-3-8(10)7-9-4-2-6-11(9)12;1-10(2,12-3)8-4-6-9(13-11)7-5-8/h7H,1-6H2,(H3,14,15,16);4-7,12H,11H2,1-3H3. The van der Waals surface area contributed by atoms with Crippen LogP contribution in [0.5, 0.6) is 0 Å². The first-order chi connectivity index (χ1) is 13.9. The van der Waals surface area contributed by atoms with Crippen molar-refractivity contribution < 1.29 is 4.79 Å². The Kier molecular flexibility index (Phi) is 6.88. The Balaban J connectivity index is 0.000000170. The number of rotatable bonds is 4. The maximum Gasteiger partial charge on any atom is 0.316 e. The van der Waals surface area contributed by atoms with Crippen molar-refractivity contribution in [2.45, 2.75) is 62.8 Å². The van der Waals surface area contributed by atoms with Crippen molar-refractivity contribution in [3.63, 3.8) is 0 Å². The summed E-state index contributed by atoms with van der Waals surface area (Å²) in [5.74, 6) is 0. The molecular formula is C23H32N4OS. The summed E-state index contributed by atoms with van der Waals surface area (Å²) in [6.07, 6.45) is 6.86. The molecular weight excluding hydrogens is 380 g/mol. The van der Waals surface area contributed by atoms with Crippen LogP contribution in [0.3, 0.4) is 0 Å². The summed E-state index contributed by atoms with van der Waals surface area (Å²) >= 11 is 1.28. The molecule has 0 fully saturated rings. The second-order valence-corrected chi connectivity index (χ2v) is 8.95. The summed E-state index contributed by atoms with van der Waals surface area (Å²) in [5, 5.41) is 11.5. The molecule has 156 valence electrons. The fourth-order valence-corrected chi connectivity index (χ4v) is 4.48. The number of carbonyl (C=O) groups is 1. The van der Waals surface area contributed by atoms with Gasteiger partial charge >= 0.3 is 6.03 Å². The van der Waals surface area contributed by atoms with Gasteiger partial charge in [-0.3, -0.25) is 5.14 Å². The van der Waals surface area contributed by atoms with E-state index in [4.69, 9.17) is 10.9 Å². The number of amides is 2. The number of carbonyl (C=O) groups excluding carboxylic acids is 1. The Bertz CT molecular complexity index is 845. The third-order valence-corrected chi connectivity index (χ3v) is 6.60. The number of fused-ring (bicyclic) bond motifs is 2. The number of urea groups is 1. The van der Waals surface area contributed by atoms with Gasteiger partial charge in [0, 0.05) is 16.1 Å². The molecule has 2 aliphatic rings. The molecule has 2 aromatic carbocycles. The smallest absolute Gasteiger partial charge is 0.316 e. The van der Waals surface area contributed by atoms with Crippen LogP contribution in [-0.2, 0) is 31.2 Å². The summed E-state index contributed by atoms with van der Waals surface area (Å²) in [6, 6.07) is 10.2. The molecule has 0 saturated carbocycles. The van der Waals surface area contributed by atoms with E-state index in [-0.39, 0.29) is 5.54 Å². The van der Waals surface area contributed by atoms with Gasteiger partial charge in [0.1, 0.15) is 0 Å². The van der Waals surface area contributed by atoms with Crippen LogP contribution in [0.25, 0.3) is 0 Å². The van der Waals surface area contributed by atoms with Gasteiger partial charge < -0.3 is 16.4 Å². The van der Waals surface area contributed by atoms with Crippen molar-refractivity contribution in [2.75, 3.05) is 12.4 Å². The molecule has 0 heterocycles. The van der Waals surface area contributed by atoms with Gasteiger partial charge in [-0.2, -0.15) is 0 Å². The third-order valence-electron chi connectivity index (χ3n) is 6.06. The van der Waals surface area contributed by atoms with Crippen molar-refractivity contribution in [3.8, 4) is 0 Å². The molecule has 29 heavy (non-hydrogen) atoms. The van der Waals surface area contributed by atoms with Gasteiger partial charge in [-0.15, -0.1) is 0 Å². The van der Waals surface area contributed by atoms with Crippen molar-refractivity contribution >= 4 is 23.7 Å². The predicted octanol–water partition coefficient (Wildman–Crippen LogP) is 4.26. The SMILES string of the molecule is CNC(C)(C)c1ccc(SN)cc1.NC(=O)Nc1c2c(cc3c1CCC3)CCC2. The van der Waals surface area contributed by atoms with Crippen molar-refractivity contribution in [3.05, 3.63) is 58.1 Å². The molecule has 2 aliphatic carbocycles. The lowest BCUT2D eigenvalue weighted by molar-refractivity contribution is 0.259. The number of nitrogens with one attached hydrogen (secondary N) is 2. The first-order valence-corrected chi connectivity index (χ1v) is 11.1. The average Bonchev–Trinajstić information content (AvgIpc) is 3.37. The highest BCUT2D eigenvalue weighted by molar-refractivity contribution is 7.97. The molecule has 0 bridgehead atoms. The molecule has 0 aliphatic heterocycles. The highest BCUT2D eigenvalue weighted by atomic mass is 32.2. The van der Waals surface area contributed by atoms with E-state index in [1.807, 2.05) is 19.2 Å². The first-order valence-electron chi connectivity index (χ1n) is 10.2. The van der Waals surface area contributed by atoms with Crippen LogP contribution in [-0.4, -0.2) is 13.1 Å². The second kappa shape index (κ2) is 9.20. The quantitative estimate of drug-likeness (QED) is 0.565. The van der Waals surface area contributed by atoms with Crippen LogP contribution in [0.2, 0.25) is 0 Å². The van der Waals surface area contributed by atoms with E-state index in [1.54, 1.807) is 0 Å². The van der Waals surface area contributed by atoms with Crippen LogP contribution in [0.15, 0.2) is 35.2 Å². The van der Waals surface area contributed by atoms with E-state index in [1.165, 1.54) is 52.6 Å². The van der Waals surface area contributed by atoms with Crippen molar-refractivity contribution in [1.82, 2.24) is 5.32 Å². The third kappa shape index (κ3) is 4.94. The Morgan fingerprint density at radius 3 is 2.00 bits per heavy atom. The number of aryl methyl sites for hydroxylation is 2. The Hall–Kier alpha value is -2.02. The number of hydrogen-bond acceptors (Lipinski definition) is 4. The number of nitrogens with two attached hydrogens (primary N) is 2. The van der Waals surface area contributed by atoms with E-state index >= 15 is 0 Å². The molecule has 0 saturated heterocycles. The average molecular weight is 413 g/mol. The van der Waals surface area contributed by atoms with Gasteiger partial charge in [-0.05, 0) is 111 Å². The van der Waals surface area contributed by atoms with Gasteiger partial charge in [-0.1, -0.05) is 18.2 Å². The molecule has 5 nitrogen and oxygen atoms in total. The molecule has 0 radical (unpaired) electrons. The first kappa shape index (κ1) is 21.7. The zero-order valence-electron chi connectivity index (χ0n) is 17.6. The monoisotopic (exact) mass is 412 g/mol. The zero-order valence-corrected chi connectivity index (χ0v) is 18.4. The summed E-state index contributed by atoms with van der Waals surface area (Å²) in [4.78, 5) is 12.2. The number of anilines is 1. The molecule has 4 rings (SSSR count). The largest absolute Gasteiger partial charge is 0.351 e. The molecule has 2 amide bonds. The zero-order chi connectivity index (χ0) is 21.0. The molecule has 2 aromatic rings. The normalized spacial score (nSPS) is 14.6. The maximum absolute atomic E-state index is 11.1. The predicted molar refractivity (Wildman–Crippen MR) is 122 cm³/mol. The van der Waals surface area contributed by atoms with Gasteiger partial charge in [-0.25, -0.2) is 4.79 Å². The van der Waals surface area contributed by atoms with Gasteiger partial charge in [0.15, 0.2) is 0 Å². The van der Waals surface area contributed by atoms with E-state index in [0.717, 1.165) is 36.3 Å². The molecule has 0 atom stereocenters. The fourth-order valence-electron chi connectivity index (χ4n) is 4.18. The van der Waals surface area contributed by atoms with Crippen LogP contribution in [0, 0.1) is 0 Å². The van der Waals surface area contributed by atoms with Crippen LogP contribution >= 0.6 is 11.9 Å². The topological polar surface area (TPSA) is 93.2 Å². The lowest BCUT2D eigenvalue weighted by atomic mass is 9.95. The second-order valence-electron chi connectivity index (χ2n) is 8.24. The summed E-state index contributed by atoms with van der Waals surface area (Å²) in [7, 11) is 1.96. The minimum Gasteiger partial charge on any atom is -0.351 e. The van der Waals surface area contributed by atoms with E-state index < -0.39 is 6.03 Å².